The molecule has 16 heavy (non-hydrogen) atoms. The van der Waals surface area contributed by atoms with Crippen molar-refractivity contribution in [1.29, 1.82) is 0 Å². The molecular weight excluding hydrogens is 270 g/mol. The summed E-state index contributed by atoms with van der Waals surface area (Å²) in [7, 11) is 0. The number of halogens is 3. The van der Waals surface area contributed by atoms with E-state index in [0.717, 1.165) is 5.52 Å². The molecule has 84 valence electrons. The number of nitrogens with zero attached hydrogens (tertiary/aromatic N) is 3. The zero-order chi connectivity index (χ0) is 11.8. The minimum absolute atomic E-state index is 0.308. The van der Waals surface area contributed by atoms with Crippen LogP contribution >= 0.6 is 34.8 Å². The molecule has 0 saturated carbocycles. The van der Waals surface area contributed by atoms with Gasteiger partial charge in [0.15, 0.2) is 5.82 Å². The second-order valence-electron chi connectivity index (χ2n) is 3.05. The van der Waals surface area contributed by atoms with Crippen molar-refractivity contribution in [2.45, 2.75) is 3.79 Å². The molecule has 0 bridgehead atoms. The van der Waals surface area contributed by atoms with Crippen molar-refractivity contribution in [3.63, 3.8) is 0 Å². The van der Waals surface area contributed by atoms with Gasteiger partial charge in [-0.05, 0) is 12.1 Å². The average Bonchev–Trinajstić information content (AvgIpc) is 2.58. The maximum Gasteiger partial charge on any atom is 0.248 e. The molecule has 0 atom stereocenters. The van der Waals surface area contributed by atoms with Gasteiger partial charge in [0.25, 0.3) is 0 Å². The largest absolute Gasteiger partial charge is 0.323 e. The van der Waals surface area contributed by atoms with Crippen LogP contribution in [-0.2, 0) is 3.79 Å². The fourth-order valence-electron chi connectivity index (χ4n) is 1.43. The third-order valence-electron chi connectivity index (χ3n) is 2.03. The Balaban J connectivity index is 2.77. The van der Waals surface area contributed by atoms with E-state index in [9.17, 15) is 0 Å². The minimum Gasteiger partial charge on any atom is -0.323 e. The van der Waals surface area contributed by atoms with E-state index in [-0.39, 0.29) is 0 Å². The smallest absolute Gasteiger partial charge is 0.248 e. The van der Waals surface area contributed by atoms with Crippen LogP contribution in [0.4, 0.5) is 0 Å². The number of hydrazone groups is 1. The third kappa shape index (κ3) is 1.96. The van der Waals surface area contributed by atoms with Crippen LogP contribution in [-0.4, -0.2) is 15.6 Å². The van der Waals surface area contributed by atoms with Gasteiger partial charge in [-0.15, -0.1) is 0 Å². The SMILES string of the molecule is NN=Cc1nc(C(Cl)(Cl)Cl)n2ccccc12. The lowest BCUT2D eigenvalue weighted by molar-refractivity contribution is 0.961. The minimum atomic E-state index is -1.59. The van der Waals surface area contributed by atoms with Gasteiger partial charge in [-0.1, -0.05) is 40.9 Å². The standard InChI is InChI=1S/C9H7Cl3N4/c10-9(11,12)8-15-6(5-14-13)7-3-1-2-4-16(7)8/h1-5H,13H2. The summed E-state index contributed by atoms with van der Waals surface area (Å²) in [5, 5.41) is 3.42. The van der Waals surface area contributed by atoms with Gasteiger partial charge >= 0.3 is 0 Å². The molecular formula is C9H7Cl3N4. The summed E-state index contributed by atoms with van der Waals surface area (Å²) in [4.78, 5) is 4.19. The predicted molar refractivity (Wildman–Crippen MR) is 66.2 cm³/mol. The fourth-order valence-corrected chi connectivity index (χ4v) is 1.83. The Morgan fingerprint density at radius 2 is 2.12 bits per heavy atom. The average molecular weight is 278 g/mol. The van der Waals surface area contributed by atoms with Crippen molar-refractivity contribution < 1.29 is 0 Å². The Hall–Kier alpha value is -0.970. The second kappa shape index (κ2) is 4.13. The first kappa shape index (κ1) is 11.5. The highest BCUT2D eigenvalue weighted by Gasteiger charge is 2.29. The van der Waals surface area contributed by atoms with Crippen molar-refractivity contribution >= 4 is 46.5 Å². The number of fused-ring (bicyclic) bond motifs is 1. The van der Waals surface area contributed by atoms with Gasteiger partial charge in [0.2, 0.25) is 3.79 Å². The van der Waals surface area contributed by atoms with E-state index in [1.54, 1.807) is 10.6 Å². The first-order valence-electron chi connectivity index (χ1n) is 4.31. The number of pyridine rings is 1. The molecule has 2 N–H and O–H groups in total. The van der Waals surface area contributed by atoms with Crippen LogP contribution in [0.25, 0.3) is 5.52 Å². The van der Waals surface area contributed by atoms with Crippen molar-refractivity contribution in [3.8, 4) is 0 Å². The van der Waals surface area contributed by atoms with E-state index in [0.29, 0.717) is 11.5 Å². The summed E-state index contributed by atoms with van der Waals surface area (Å²) in [6.45, 7) is 0. The number of hydrogen-bond acceptors (Lipinski definition) is 3. The van der Waals surface area contributed by atoms with Crippen molar-refractivity contribution in [2.24, 2.45) is 10.9 Å². The number of alkyl halides is 3. The third-order valence-corrected chi connectivity index (χ3v) is 2.53. The molecule has 0 spiro atoms. The summed E-state index contributed by atoms with van der Waals surface area (Å²) in [6, 6.07) is 5.51. The van der Waals surface area contributed by atoms with Crippen molar-refractivity contribution in [3.05, 3.63) is 35.9 Å². The molecule has 4 nitrogen and oxygen atoms in total. The molecule has 2 heterocycles. The highest BCUT2D eigenvalue weighted by molar-refractivity contribution is 6.66. The molecule has 0 amide bonds. The molecule has 0 aromatic carbocycles. The van der Waals surface area contributed by atoms with Gasteiger partial charge in [-0.3, -0.25) is 4.40 Å². The van der Waals surface area contributed by atoms with Crippen LogP contribution in [0.5, 0.6) is 0 Å². The Morgan fingerprint density at radius 1 is 1.38 bits per heavy atom. The molecule has 2 aromatic heterocycles. The summed E-state index contributed by atoms with van der Waals surface area (Å²) < 4.78 is 0.0922. The quantitative estimate of drug-likeness (QED) is 0.377. The normalized spacial score (nSPS) is 12.7. The monoisotopic (exact) mass is 276 g/mol. The molecule has 2 aromatic rings. The lowest BCUT2D eigenvalue weighted by Crippen LogP contribution is -2.06. The summed E-state index contributed by atoms with van der Waals surface area (Å²) in [6.07, 6.45) is 3.17. The molecule has 0 fully saturated rings. The first-order valence-corrected chi connectivity index (χ1v) is 5.45. The first-order chi connectivity index (χ1) is 7.54. The predicted octanol–water partition coefficient (Wildman–Crippen LogP) is 2.45. The number of imidazole rings is 1. The summed E-state index contributed by atoms with van der Waals surface area (Å²) >= 11 is 17.5. The molecule has 0 radical (unpaired) electrons. The molecule has 0 unspecified atom stereocenters. The number of hydrogen-bond donors (Lipinski definition) is 1. The van der Waals surface area contributed by atoms with Gasteiger partial charge in [0.1, 0.15) is 5.69 Å². The summed E-state index contributed by atoms with van der Waals surface area (Å²) in [5.41, 5.74) is 1.34. The van der Waals surface area contributed by atoms with Crippen LogP contribution in [0.1, 0.15) is 11.5 Å². The van der Waals surface area contributed by atoms with Gasteiger partial charge < -0.3 is 5.84 Å². The molecule has 7 heteroatoms. The Bertz CT molecular complexity index is 541. The Morgan fingerprint density at radius 3 is 2.75 bits per heavy atom. The highest BCUT2D eigenvalue weighted by Crippen LogP contribution is 2.37. The molecule has 0 aliphatic rings. The fraction of sp³-hybridized carbons (Fsp3) is 0.111. The van der Waals surface area contributed by atoms with Gasteiger partial charge in [0.05, 0.1) is 11.7 Å². The van der Waals surface area contributed by atoms with Gasteiger partial charge in [-0.25, -0.2) is 4.98 Å². The summed E-state index contributed by atoms with van der Waals surface area (Å²) in [5.74, 6) is 5.40. The zero-order valence-electron chi connectivity index (χ0n) is 7.94. The van der Waals surface area contributed by atoms with E-state index < -0.39 is 3.79 Å². The van der Waals surface area contributed by atoms with E-state index in [1.165, 1.54) is 6.21 Å². The van der Waals surface area contributed by atoms with E-state index >= 15 is 0 Å². The van der Waals surface area contributed by atoms with Crippen LogP contribution in [0, 0.1) is 0 Å². The van der Waals surface area contributed by atoms with Crippen LogP contribution in [0.3, 0.4) is 0 Å². The highest BCUT2D eigenvalue weighted by atomic mass is 35.6. The van der Waals surface area contributed by atoms with Crippen molar-refractivity contribution in [2.75, 3.05) is 0 Å². The lowest BCUT2D eigenvalue weighted by Gasteiger charge is -2.08. The Labute approximate surface area is 107 Å². The van der Waals surface area contributed by atoms with Crippen LogP contribution in [0.2, 0.25) is 0 Å². The van der Waals surface area contributed by atoms with Crippen LogP contribution < -0.4 is 5.84 Å². The number of nitrogens with two attached hydrogens (primary N) is 1. The maximum atomic E-state index is 5.82. The lowest BCUT2D eigenvalue weighted by atomic mass is 10.3. The van der Waals surface area contributed by atoms with Crippen molar-refractivity contribution in [1.82, 2.24) is 9.38 Å². The zero-order valence-corrected chi connectivity index (χ0v) is 10.2. The maximum absolute atomic E-state index is 5.82. The number of aromatic nitrogens is 2. The van der Waals surface area contributed by atoms with Gasteiger partial charge in [-0.2, -0.15) is 5.10 Å². The van der Waals surface area contributed by atoms with E-state index in [1.807, 2.05) is 18.2 Å². The second-order valence-corrected chi connectivity index (χ2v) is 5.33. The van der Waals surface area contributed by atoms with Gasteiger partial charge in [0, 0.05) is 6.20 Å². The molecule has 2 rings (SSSR count). The molecule has 0 aliphatic carbocycles. The number of rotatable bonds is 1. The topological polar surface area (TPSA) is 55.7 Å². The molecule has 0 aliphatic heterocycles. The van der Waals surface area contributed by atoms with Crippen LogP contribution in [0.15, 0.2) is 29.5 Å². The Kier molecular flexibility index (Phi) is 2.97. The van der Waals surface area contributed by atoms with E-state index in [4.69, 9.17) is 40.6 Å². The van der Waals surface area contributed by atoms with E-state index in [2.05, 4.69) is 10.1 Å². The molecule has 0 saturated heterocycles.